The van der Waals surface area contributed by atoms with Crippen molar-refractivity contribution in [3.63, 3.8) is 0 Å². The molecule has 100 valence electrons. The Bertz CT molecular complexity index is 662. The fourth-order valence-corrected chi connectivity index (χ4v) is 1.95. The van der Waals surface area contributed by atoms with Crippen LogP contribution in [0.5, 0.6) is 0 Å². The summed E-state index contributed by atoms with van der Waals surface area (Å²) in [6.07, 6.45) is 0. The van der Waals surface area contributed by atoms with Crippen molar-refractivity contribution in [2.45, 2.75) is 13.0 Å². The Morgan fingerprint density at radius 3 is 2.55 bits per heavy atom. The molecular formula is C16H13ClN2O. The highest BCUT2D eigenvalue weighted by Crippen LogP contribution is 2.17. The van der Waals surface area contributed by atoms with Crippen molar-refractivity contribution in [1.82, 2.24) is 5.32 Å². The Morgan fingerprint density at radius 2 is 1.95 bits per heavy atom. The van der Waals surface area contributed by atoms with Gasteiger partial charge in [0.15, 0.2) is 0 Å². The number of benzene rings is 2. The first-order chi connectivity index (χ1) is 9.61. The van der Waals surface area contributed by atoms with Crippen molar-refractivity contribution in [2.75, 3.05) is 0 Å². The molecule has 0 saturated carbocycles. The van der Waals surface area contributed by atoms with Crippen LogP contribution in [0.25, 0.3) is 0 Å². The van der Waals surface area contributed by atoms with Crippen LogP contribution in [0.4, 0.5) is 0 Å². The molecule has 0 saturated heterocycles. The molecule has 0 spiro atoms. The molecule has 1 atom stereocenters. The fourth-order valence-electron chi connectivity index (χ4n) is 1.84. The predicted octanol–water partition coefficient (Wildman–Crippen LogP) is 3.64. The van der Waals surface area contributed by atoms with Gasteiger partial charge in [0, 0.05) is 10.6 Å². The summed E-state index contributed by atoms with van der Waals surface area (Å²) in [5.41, 5.74) is 2.07. The number of carbonyl (C=O) groups excluding carboxylic acids is 1. The van der Waals surface area contributed by atoms with Crippen LogP contribution in [-0.2, 0) is 0 Å². The van der Waals surface area contributed by atoms with Crippen molar-refractivity contribution in [1.29, 1.82) is 5.26 Å². The number of carbonyl (C=O) groups is 1. The molecule has 3 nitrogen and oxygen atoms in total. The van der Waals surface area contributed by atoms with E-state index in [1.807, 2.05) is 25.1 Å². The van der Waals surface area contributed by atoms with Gasteiger partial charge in [-0.05, 0) is 36.2 Å². The van der Waals surface area contributed by atoms with Gasteiger partial charge in [-0.3, -0.25) is 4.79 Å². The lowest BCUT2D eigenvalue weighted by molar-refractivity contribution is 0.0945. The van der Waals surface area contributed by atoms with E-state index in [1.54, 1.807) is 30.3 Å². The zero-order valence-corrected chi connectivity index (χ0v) is 11.7. The van der Waals surface area contributed by atoms with E-state index in [-0.39, 0.29) is 5.91 Å². The van der Waals surface area contributed by atoms with Gasteiger partial charge in [-0.1, -0.05) is 41.9 Å². The summed E-state index contributed by atoms with van der Waals surface area (Å²) in [5.74, 6) is -0.292. The third-order valence-electron chi connectivity index (χ3n) is 2.96. The second-order valence-electron chi connectivity index (χ2n) is 4.41. The van der Waals surface area contributed by atoms with Crippen molar-refractivity contribution in [2.24, 2.45) is 0 Å². The summed E-state index contributed by atoms with van der Waals surface area (Å²) in [5, 5.41) is 12.5. The second kappa shape index (κ2) is 6.23. The highest BCUT2D eigenvalue weighted by Gasteiger charge is 2.15. The van der Waals surface area contributed by atoms with E-state index in [0.29, 0.717) is 10.6 Å². The van der Waals surface area contributed by atoms with Crippen LogP contribution in [0.1, 0.15) is 27.5 Å². The quantitative estimate of drug-likeness (QED) is 0.935. The number of aryl methyl sites for hydroxylation is 1. The van der Waals surface area contributed by atoms with Gasteiger partial charge in [0.2, 0.25) is 0 Å². The molecule has 0 aliphatic carbocycles. The Balaban J connectivity index is 2.18. The summed E-state index contributed by atoms with van der Waals surface area (Å²) >= 11 is 5.93. The van der Waals surface area contributed by atoms with Gasteiger partial charge < -0.3 is 5.32 Å². The molecule has 0 aromatic heterocycles. The molecule has 0 fully saturated rings. The summed E-state index contributed by atoms with van der Waals surface area (Å²) in [4.78, 5) is 12.1. The highest BCUT2D eigenvalue weighted by molar-refractivity contribution is 6.31. The first kappa shape index (κ1) is 14.1. The smallest absolute Gasteiger partial charge is 0.252 e. The molecule has 4 heteroatoms. The number of hydrogen-bond donors (Lipinski definition) is 1. The van der Waals surface area contributed by atoms with Crippen molar-refractivity contribution < 1.29 is 4.79 Å². The Kier molecular flexibility index (Phi) is 4.39. The van der Waals surface area contributed by atoms with E-state index < -0.39 is 6.04 Å². The van der Waals surface area contributed by atoms with Gasteiger partial charge in [-0.2, -0.15) is 5.26 Å². The summed E-state index contributed by atoms with van der Waals surface area (Å²) in [7, 11) is 0. The first-order valence-electron chi connectivity index (χ1n) is 6.13. The van der Waals surface area contributed by atoms with Crippen LogP contribution in [0, 0.1) is 18.3 Å². The summed E-state index contributed by atoms with van der Waals surface area (Å²) in [6, 6.07) is 15.6. The molecule has 0 aliphatic rings. The minimum atomic E-state index is -0.667. The third kappa shape index (κ3) is 3.17. The molecule has 2 aromatic rings. The molecule has 2 rings (SSSR count). The SMILES string of the molecule is Cc1cc(C(=O)NC(C#N)c2ccccc2)ccc1Cl. The minimum Gasteiger partial charge on any atom is -0.333 e. The average Bonchev–Trinajstić information content (AvgIpc) is 2.48. The van der Waals surface area contributed by atoms with Gasteiger partial charge in [-0.25, -0.2) is 0 Å². The molecule has 0 radical (unpaired) electrons. The first-order valence-corrected chi connectivity index (χ1v) is 6.51. The van der Waals surface area contributed by atoms with Crippen LogP contribution in [0.2, 0.25) is 5.02 Å². The van der Waals surface area contributed by atoms with Crippen LogP contribution in [-0.4, -0.2) is 5.91 Å². The molecular weight excluding hydrogens is 272 g/mol. The number of rotatable bonds is 3. The van der Waals surface area contributed by atoms with E-state index in [9.17, 15) is 10.1 Å². The van der Waals surface area contributed by atoms with Gasteiger partial charge in [0.25, 0.3) is 5.91 Å². The van der Waals surface area contributed by atoms with Crippen molar-refractivity contribution in [3.05, 3.63) is 70.2 Å². The van der Waals surface area contributed by atoms with Gasteiger partial charge >= 0.3 is 0 Å². The molecule has 20 heavy (non-hydrogen) atoms. The van der Waals surface area contributed by atoms with E-state index in [0.717, 1.165) is 11.1 Å². The predicted molar refractivity (Wildman–Crippen MR) is 78.5 cm³/mol. The topological polar surface area (TPSA) is 52.9 Å². The molecule has 1 N–H and O–H groups in total. The molecule has 1 unspecified atom stereocenters. The molecule has 0 heterocycles. The van der Waals surface area contributed by atoms with E-state index >= 15 is 0 Å². The maximum Gasteiger partial charge on any atom is 0.252 e. The summed E-state index contributed by atoms with van der Waals surface area (Å²) in [6.45, 7) is 1.83. The van der Waals surface area contributed by atoms with Gasteiger partial charge in [0.1, 0.15) is 6.04 Å². The van der Waals surface area contributed by atoms with Gasteiger partial charge in [0.05, 0.1) is 6.07 Å². The zero-order valence-electron chi connectivity index (χ0n) is 10.9. The number of nitrogens with zero attached hydrogens (tertiary/aromatic N) is 1. The maximum absolute atomic E-state index is 12.1. The molecule has 2 aromatic carbocycles. The molecule has 1 amide bonds. The molecule has 0 aliphatic heterocycles. The Labute approximate surface area is 122 Å². The monoisotopic (exact) mass is 284 g/mol. The van der Waals surface area contributed by atoms with E-state index in [4.69, 9.17) is 11.6 Å². The fraction of sp³-hybridized carbons (Fsp3) is 0.125. The standard InChI is InChI=1S/C16H13ClN2O/c1-11-9-13(7-8-14(11)17)16(20)19-15(10-18)12-5-3-2-4-6-12/h2-9,15H,1H3,(H,19,20). The van der Waals surface area contributed by atoms with Crippen LogP contribution in [0.3, 0.4) is 0 Å². The number of amides is 1. The number of nitriles is 1. The lowest BCUT2D eigenvalue weighted by Crippen LogP contribution is -2.27. The van der Waals surface area contributed by atoms with Crippen molar-refractivity contribution >= 4 is 17.5 Å². The summed E-state index contributed by atoms with van der Waals surface area (Å²) < 4.78 is 0. The van der Waals surface area contributed by atoms with Crippen LogP contribution >= 0.6 is 11.6 Å². The van der Waals surface area contributed by atoms with Crippen molar-refractivity contribution in [3.8, 4) is 6.07 Å². The number of nitrogens with one attached hydrogen (secondary N) is 1. The Morgan fingerprint density at radius 1 is 1.25 bits per heavy atom. The Hall–Kier alpha value is -2.31. The molecule has 0 bridgehead atoms. The van der Waals surface area contributed by atoms with Crippen LogP contribution < -0.4 is 5.32 Å². The number of hydrogen-bond acceptors (Lipinski definition) is 2. The average molecular weight is 285 g/mol. The van der Waals surface area contributed by atoms with E-state index in [2.05, 4.69) is 11.4 Å². The normalized spacial score (nSPS) is 11.4. The minimum absolute atomic E-state index is 0.292. The maximum atomic E-state index is 12.1. The number of halogens is 1. The third-order valence-corrected chi connectivity index (χ3v) is 3.38. The lowest BCUT2D eigenvalue weighted by Gasteiger charge is -2.12. The largest absolute Gasteiger partial charge is 0.333 e. The van der Waals surface area contributed by atoms with E-state index in [1.165, 1.54) is 0 Å². The zero-order chi connectivity index (χ0) is 14.5. The van der Waals surface area contributed by atoms with Gasteiger partial charge in [-0.15, -0.1) is 0 Å². The lowest BCUT2D eigenvalue weighted by atomic mass is 10.1. The highest BCUT2D eigenvalue weighted by atomic mass is 35.5. The second-order valence-corrected chi connectivity index (χ2v) is 4.82. The van der Waals surface area contributed by atoms with Crippen LogP contribution in [0.15, 0.2) is 48.5 Å².